The van der Waals surface area contributed by atoms with Crippen LogP contribution in [0.2, 0.25) is 0 Å². The molecule has 8 heteroatoms. The standard InChI is InChI=1S/C20H25N7O/c1-25(2)19-20(22-18-17(21-19)23-28-24-18)26-11-8-16(9-12-26)27-10-7-14-5-3-4-6-15(14)13-27/h3-6,16H,7-13H2,1-2H3. The SMILES string of the molecule is CN(C)c1nc2nonc2nc1N1CCC(N2CCc3ccccc3C2)CC1. The lowest BCUT2D eigenvalue weighted by molar-refractivity contribution is 0.153. The summed E-state index contributed by atoms with van der Waals surface area (Å²) in [7, 11) is 3.95. The average molecular weight is 379 g/mol. The van der Waals surface area contributed by atoms with Crippen LogP contribution in [0.25, 0.3) is 11.3 Å². The molecule has 2 aliphatic rings. The van der Waals surface area contributed by atoms with Crippen molar-refractivity contribution in [3.05, 3.63) is 35.4 Å². The first kappa shape index (κ1) is 17.4. The highest BCUT2D eigenvalue weighted by molar-refractivity contribution is 5.74. The molecule has 0 amide bonds. The summed E-state index contributed by atoms with van der Waals surface area (Å²) in [5.41, 5.74) is 3.92. The van der Waals surface area contributed by atoms with E-state index in [0.717, 1.165) is 57.1 Å². The van der Waals surface area contributed by atoms with Crippen LogP contribution in [0.1, 0.15) is 24.0 Å². The van der Waals surface area contributed by atoms with E-state index in [1.165, 1.54) is 11.1 Å². The summed E-state index contributed by atoms with van der Waals surface area (Å²) in [4.78, 5) is 16.2. The lowest BCUT2D eigenvalue weighted by Gasteiger charge is -2.41. The molecule has 0 saturated carbocycles. The largest absolute Gasteiger partial charge is 0.360 e. The van der Waals surface area contributed by atoms with Gasteiger partial charge in [-0.3, -0.25) is 4.90 Å². The Morgan fingerprint density at radius 3 is 2.43 bits per heavy atom. The Bertz CT molecular complexity index is 978. The van der Waals surface area contributed by atoms with E-state index in [4.69, 9.17) is 4.63 Å². The van der Waals surface area contributed by atoms with Crippen LogP contribution >= 0.6 is 0 Å². The van der Waals surface area contributed by atoms with Crippen LogP contribution in [-0.4, -0.2) is 65.0 Å². The van der Waals surface area contributed by atoms with Crippen LogP contribution in [0.4, 0.5) is 11.6 Å². The molecule has 1 fully saturated rings. The first-order chi connectivity index (χ1) is 13.7. The maximum Gasteiger partial charge on any atom is 0.245 e. The predicted molar refractivity (Wildman–Crippen MR) is 108 cm³/mol. The molecule has 5 rings (SSSR count). The minimum Gasteiger partial charge on any atom is -0.360 e. The highest BCUT2D eigenvalue weighted by Crippen LogP contribution is 2.30. The third-order valence-corrected chi connectivity index (χ3v) is 5.94. The van der Waals surface area contributed by atoms with Crippen molar-refractivity contribution in [1.82, 2.24) is 25.2 Å². The first-order valence-corrected chi connectivity index (χ1v) is 9.92. The Hall–Kier alpha value is -2.74. The van der Waals surface area contributed by atoms with E-state index in [0.29, 0.717) is 17.3 Å². The average Bonchev–Trinajstić information content (AvgIpc) is 3.20. The van der Waals surface area contributed by atoms with Crippen molar-refractivity contribution in [2.24, 2.45) is 0 Å². The third kappa shape index (κ3) is 3.07. The van der Waals surface area contributed by atoms with Crippen LogP contribution < -0.4 is 9.80 Å². The number of fused-ring (bicyclic) bond motifs is 2. The number of anilines is 2. The van der Waals surface area contributed by atoms with Crippen LogP contribution in [0.15, 0.2) is 28.9 Å². The lowest BCUT2D eigenvalue weighted by atomic mass is 9.95. The predicted octanol–water partition coefficient (Wildman–Crippen LogP) is 2.11. The molecule has 0 radical (unpaired) electrons. The molecule has 0 unspecified atom stereocenters. The van der Waals surface area contributed by atoms with E-state index >= 15 is 0 Å². The second-order valence-corrected chi connectivity index (χ2v) is 7.88. The lowest BCUT2D eigenvalue weighted by Crippen LogP contribution is -2.47. The molecule has 28 heavy (non-hydrogen) atoms. The minimum atomic E-state index is 0.453. The van der Waals surface area contributed by atoms with Crippen molar-refractivity contribution in [1.29, 1.82) is 0 Å². The van der Waals surface area contributed by atoms with Crippen molar-refractivity contribution in [2.45, 2.75) is 31.8 Å². The molecule has 0 aliphatic carbocycles. The van der Waals surface area contributed by atoms with Crippen LogP contribution in [0.3, 0.4) is 0 Å². The summed E-state index contributed by atoms with van der Waals surface area (Å²) in [6, 6.07) is 9.47. The molecule has 3 aromatic rings. The van der Waals surface area contributed by atoms with Crippen molar-refractivity contribution in [3.8, 4) is 0 Å². The van der Waals surface area contributed by atoms with Crippen LogP contribution in [0, 0.1) is 0 Å². The fourth-order valence-electron chi connectivity index (χ4n) is 4.41. The van der Waals surface area contributed by atoms with Gasteiger partial charge in [0.05, 0.1) is 0 Å². The number of benzene rings is 1. The van der Waals surface area contributed by atoms with Gasteiger partial charge in [0.15, 0.2) is 11.6 Å². The Morgan fingerprint density at radius 1 is 0.964 bits per heavy atom. The number of hydrogen-bond acceptors (Lipinski definition) is 8. The zero-order valence-electron chi connectivity index (χ0n) is 16.4. The maximum absolute atomic E-state index is 4.80. The number of piperidine rings is 1. The van der Waals surface area contributed by atoms with Gasteiger partial charge in [-0.25, -0.2) is 14.6 Å². The normalized spacial score (nSPS) is 18.4. The summed E-state index contributed by atoms with van der Waals surface area (Å²) in [5, 5.41) is 7.70. The topological polar surface area (TPSA) is 74.4 Å². The van der Waals surface area contributed by atoms with E-state index in [2.05, 4.69) is 54.3 Å². The van der Waals surface area contributed by atoms with E-state index < -0.39 is 0 Å². The highest BCUT2D eigenvalue weighted by atomic mass is 16.6. The second kappa shape index (κ2) is 7.01. The van der Waals surface area contributed by atoms with Crippen LogP contribution in [-0.2, 0) is 13.0 Å². The van der Waals surface area contributed by atoms with Gasteiger partial charge < -0.3 is 9.80 Å². The molecule has 1 aromatic carbocycles. The van der Waals surface area contributed by atoms with Gasteiger partial charge in [0.1, 0.15) is 0 Å². The molecule has 2 aromatic heterocycles. The Labute approximate surface area is 164 Å². The summed E-state index contributed by atoms with van der Waals surface area (Å²) in [5.74, 6) is 1.68. The van der Waals surface area contributed by atoms with Gasteiger partial charge >= 0.3 is 0 Å². The summed E-state index contributed by atoms with van der Waals surface area (Å²) in [6.45, 7) is 4.16. The molecule has 2 aliphatic heterocycles. The Balaban J connectivity index is 1.31. The minimum absolute atomic E-state index is 0.453. The van der Waals surface area contributed by atoms with Crippen molar-refractivity contribution in [2.75, 3.05) is 43.5 Å². The summed E-state index contributed by atoms with van der Waals surface area (Å²) < 4.78 is 4.80. The van der Waals surface area contributed by atoms with E-state index in [1.54, 1.807) is 0 Å². The smallest absolute Gasteiger partial charge is 0.245 e. The molecular formula is C20H25N7O. The van der Waals surface area contributed by atoms with Crippen LogP contribution in [0.5, 0.6) is 0 Å². The number of rotatable bonds is 3. The van der Waals surface area contributed by atoms with Crippen molar-refractivity contribution in [3.63, 3.8) is 0 Å². The maximum atomic E-state index is 4.80. The molecule has 0 bridgehead atoms. The summed E-state index contributed by atoms with van der Waals surface area (Å²) >= 11 is 0. The molecule has 0 atom stereocenters. The van der Waals surface area contributed by atoms with Gasteiger partial charge in [0.25, 0.3) is 0 Å². The molecule has 146 valence electrons. The van der Waals surface area contributed by atoms with Gasteiger partial charge in [-0.2, -0.15) is 0 Å². The van der Waals surface area contributed by atoms with Gasteiger partial charge in [0, 0.05) is 46.3 Å². The zero-order valence-corrected chi connectivity index (χ0v) is 16.4. The fraction of sp³-hybridized carbons (Fsp3) is 0.500. The summed E-state index contributed by atoms with van der Waals surface area (Å²) in [6.07, 6.45) is 3.42. The molecule has 1 saturated heterocycles. The van der Waals surface area contributed by atoms with Gasteiger partial charge in [0.2, 0.25) is 11.3 Å². The highest BCUT2D eigenvalue weighted by Gasteiger charge is 2.29. The fourth-order valence-corrected chi connectivity index (χ4v) is 4.41. The Morgan fingerprint density at radius 2 is 1.68 bits per heavy atom. The van der Waals surface area contributed by atoms with Gasteiger partial charge in [-0.1, -0.05) is 24.3 Å². The van der Waals surface area contributed by atoms with Crippen molar-refractivity contribution >= 4 is 22.9 Å². The molecule has 8 nitrogen and oxygen atoms in total. The number of aromatic nitrogens is 4. The molecule has 4 heterocycles. The van der Waals surface area contributed by atoms with E-state index in [9.17, 15) is 0 Å². The van der Waals surface area contributed by atoms with E-state index in [1.807, 2.05) is 19.0 Å². The first-order valence-electron chi connectivity index (χ1n) is 9.92. The monoisotopic (exact) mass is 379 g/mol. The molecule has 0 N–H and O–H groups in total. The van der Waals surface area contributed by atoms with Gasteiger partial charge in [-0.15, -0.1) is 0 Å². The molecular weight excluding hydrogens is 354 g/mol. The zero-order chi connectivity index (χ0) is 19.1. The Kier molecular flexibility index (Phi) is 4.35. The number of hydrogen-bond donors (Lipinski definition) is 0. The quantitative estimate of drug-likeness (QED) is 0.685. The second-order valence-electron chi connectivity index (χ2n) is 7.88. The third-order valence-electron chi connectivity index (χ3n) is 5.94. The van der Waals surface area contributed by atoms with Gasteiger partial charge in [-0.05, 0) is 40.7 Å². The molecule has 0 spiro atoms. The van der Waals surface area contributed by atoms with E-state index in [-0.39, 0.29) is 0 Å². The number of nitrogens with zero attached hydrogens (tertiary/aromatic N) is 7. The van der Waals surface area contributed by atoms with Crippen molar-refractivity contribution < 1.29 is 4.63 Å².